The first-order valence-corrected chi connectivity index (χ1v) is 6.88. The van der Waals surface area contributed by atoms with Gasteiger partial charge in [-0.25, -0.2) is 0 Å². The van der Waals surface area contributed by atoms with Crippen molar-refractivity contribution in [3.05, 3.63) is 11.1 Å². The quantitative estimate of drug-likeness (QED) is 0.800. The number of hydrogen-bond acceptors (Lipinski definition) is 2. The van der Waals surface area contributed by atoms with Gasteiger partial charge in [-0.1, -0.05) is 19.4 Å². The number of carbonyl (C=O) groups is 1. The number of Topliss-reactive ketones (excluding diaryl/α,β-unsaturated/α-hetero) is 1. The number of aliphatic hydroxyl groups is 1. The Labute approximate surface area is 104 Å². The Kier molecular flexibility index (Phi) is 3.72. The molecule has 0 saturated heterocycles. The van der Waals surface area contributed by atoms with E-state index < -0.39 is 0 Å². The molecule has 0 aliphatic heterocycles. The van der Waals surface area contributed by atoms with E-state index >= 15 is 0 Å². The molecule has 0 radical (unpaired) electrons. The van der Waals surface area contributed by atoms with Crippen LogP contribution in [0.25, 0.3) is 0 Å². The van der Waals surface area contributed by atoms with Crippen LogP contribution < -0.4 is 0 Å². The summed E-state index contributed by atoms with van der Waals surface area (Å²) in [5.41, 5.74) is 2.43. The number of ketones is 1. The molecule has 0 spiro atoms. The minimum atomic E-state index is 0.268. The first kappa shape index (κ1) is 12.8. The second kappa shape index (κ2) is 4.93. The van der Waals surface area contributed by atoms with Gasteiger partial charge in [0.05, 0.1) is 0 Å². The van der Waals surface area contributed by atoms with Gasteiger partial charge >= 0.3 is 0 Å². The number of fused-ring (bicyclic) bond motifs is 1. The Balaban J connectivity index is 2.24. The number of rotatable bonds is 2. The van der Waals surface area contributed by atoms with E-state index in [4.69, 9.17) is 0 Å². The van der Waals surface area contributed by atoms with Crippen molar-refractivity contribution in [2.75, 3.05) is 6.61 Å². The number of hydrogen-bond donors (Lipinski definition) is 1. The van der Waals surface area contributed by atoms with Crippen LogP contribution >= 0.6 is 0 Å². The Bertz CT molecular complexity index is 343. The summed E-state index contributed by atoms with van der Waals surface area (Å²) in [6.07, 6.45) is 4.17. The fourth-order valence-corrected chi connectivity index (χ4v) is 3.48. The van der Waals surface area contributed by atoms with Gasteiger partial charge in [-0.15, -0.1) is 0 Å². The van der Waals surface area contributed by atoms with E-state index in [1.54, 1.807) is 0 Å². The molecule has 2 rings (SSSR count). The van der Waals surface area contributed by atoms with Gasteiger partial charge in [-0.3, -0.25) is 4.79 Å². The van der Waals surface area contributed by atoms with Crippen LogP contribution in [0.4, 0.5) is 0 Å². The Morgan fingerprint density at radius 3 is 2.71 bits per heavy atom. The van der Waals surface area contributed by atoms with Crippen LogP contribution in [-0.4, -0.2) is 17.5 Å². The normalized spacial score (nSPS) is 35.8. The van der Waals surface area contributed by atoms with Gasteiger partial charge in [0.15, 0.2) is 5.78 Å². The van der Waals surface area contributed by atoms with E-state index in [-0.39, 0.29) is 6.61 Å². The molecular weight excluding hydrogens is 212 g/mol. The first-order valence-electron chi connectivity index (χ1n) is 6.88. The average molecular weight is 236 g/mol. The average Bonchev–Trinajstić information content (AvgIpc) is 2.50. The lowest BCUT2D eigenvalue weighted by Gasteiger charge is -2.21. The summed E-state index contributed by atoms with van der Waals surface area (Å²) in [6, 6.07) is 0. The maximum absolute atomic E-state index is 11.8. The van der Waals surface area contributed by atoms with Gasteiger partial charge in [-0.2, -0.15) is 0 Å². The third-order valence-corrected chi connectivity index (χ3v) is 5.01. The maximum Gasteiger partial charge on any atom is 0.159 e. The molecule has 0 heterocycles. The Morgan fingerprint density at radius 1 is 1.35 bits per heavy atom. The first-order chi connectivity index (χ1) is 8.04. The predicted molar refractivity (Wildman–Crippen MR) is 68.6 cm³/mol. The molecular formula is C15H24O2. The van der Waals surface area contributed by atoms with Gasteiger partial charge in [0.1, 0.15) is 0 Å². The van der Waals surface area contributed by atoms with E-state index in [0.29, 0.717) is 29.5 Å². The van der Waals surface area contributed by atoms with E-state index in [0.717, 1.165) is 18.4 Å². The van der Waals surface area contributed by atoms with E-state index in [9.17, 15) is 9.90 Å². The zero-order chi connectivity index (χ0) is 12.6. The zero-order valence-electron chi connectivity index (χ0n) is 11.2. The van der Waals surface area contributed by atoms with Gasteiger partial charge in [-0.05, 0) is 55.4 Å². The van der Waals surface area contributed by atoms with E-state index in [1.165, 1.54) is 18.4 Å². The SMILES string of the molecule is CC1=C2C[C@H]([C@H](C)CO)CC[C@H](C)[C@@H]2CC1=O. The van der Waals surface area contributed by atoms with Gasteiger partial charge < -0.3 is 5.11 Å². The van der Waals surface area contributed by atoms with Crippen molar-refractivity contribution >= 4 is 5.78 Å². The van der Waals surface area contributed by atoms with Crippen LogP contribution in [0.3, 0.4) is 0 Å². The molecule has 0 unspecified atom stereocenters. The van der Waals surface area contributed by atoms with Gasteiger partial charge in [0, 0.05) is 13.0 Å². The van der Waals surface area contributed by atoms with Crippen molar-refractivity contribution in [3.8, 4) is 0 Å². The highest BCUT2D eigenvalue weighted by Gasteiger charge is 2.37. The second-order valence-electron chi connectivity index (χ2n) is 6.06. The Hall–Kier alpha value is -0.630. The van der Waals surface area contributed by atoms with Crippen molar-refractivity contribution < 1.29 is 9.90 Å². The summed E-state index contributed by atoms with van der Waals surface area (Å²) in [5, 5.41) is 9.32. The molecule has 1 N–H and O–H groups in total. The molecule has 2 nitrogen and oxygen atoms in total. The topological polar surface area (TPSA) is 37.3 Å². The number of aliphatic hydroxyl groups excluding tert-OH is 1. The largest absolute Gasteiger partial charge is 0.396 e. The predicted octanol–water partition coefficient (Wildman–Crippen LogP) is 2.96. The lowest BCUT2D eigenvalue weighted by atomic mass is 9.85. The fraction of sp³-hybridized carbons (Fsp3) is 0.800. The van der Waals surface area contributed by atoms with Crippen molar-refractivity contribution in [2.24, 2.45) is 23.7 Å². The van der Waals surface area contributed by atoms with Crippen LogP contribution in [0.1, 0.15) is 46.5 Å². The third-order valence-electron chi connectivity index (χ3n) is 5.01. The highest BCUT2D eigenvalue weighted by molar-refractivity contribution is 5.98. The van der Waals surface area contributed by atoms with Crippen molar-refractivity contribution in [1.82, 2.24) is 0 Å². The highest BCUT2D eigenvalue weighted by atomic mass is 16.3. The molecule has 4 atom stereocenters. The van der Waals surface area contributed by atoms with E-state index in [2.05, 4.69) is 13.8 Å². The lowest BCUT2D eigenvalue weighted by Crippen LogP contribution is -2.15. The van der Waals surface area contributed by atoms with Crippen molar-refractivity contribution in [1.29, 1.82) is 0 Å². The monoisotopic (exact) mass is 236 g/mol. The maximum atomic E-state index is 11.8. The van der Waals surface area contributed by atoms with Gasteiger partial charge in [0.25, 0.3) is 0 Å². The molecule has 0 aromatic rings. The van der Waals surface area contributed by atoms with Crippen molar-refractivity contribution in [2.45, 2.75) is 46.5 Å². The summed E-state index contributed by atoms with van der Waals surface area (Å²) in [4.78, 5) is 11.8. The lowest BCUT2D eigenvalue weighted by molar-refractivity contribution is -0.115. The van der Waals surface area contributed by atoms with Crippen molar-refractivity contribution in [3.63, 3.8) is 0 Å². The zero-order valence-corrected chi connectivity index (χ0v) is 11.2. The third kappa shape index (κ3) is 2.33. The molecule has 0 bridgehead atoms. The fourth-order valence-electron chi connectivity index (χ4n) is 3.48. The molecule has 0 aromatic carbocycles. The van der Waals surface area contributed by atoms with Crippen LogP contribution in [-0.2, 0) is 4.79 Å². The molecule has 1 fully saturated rings. The smallest absolute Gasteiger partial charge is 0.159 e. The molecule has 2 heteroatoms. The second-order valence-corrected chi connectivity index (χ2v) is 6.06. The van der Waals surface area contributed by atoms with Crippen LogP contribution in [0, 0.1) is 23.7 Å². The highest BCUT2D eigenvalue weighted by Crippen LogP contribution is 2.45. The van der Waals surface area contributed by atoms with E-state index in [1.807, 2.05) is 6.92 Å². The summed E-state index contributed by atoms with van der Waals surface area (Å²) in [5.74, 6) is 2.40. The molecule has 96 valence electrons. The van der Waals surface area contributed by atoms with Crippen LogP contribution in [0.2, 0.25) is 0 Å². The summed E-state index contributed by atoms with van der Waals surface area (Å²) < 4.78 is 0. The molecule has 2 aliphatic rings. The molecule has 2 aliphatic carbocycles. The van der Waals surface area contributed by atoms with Crippen LogP contribution in [0.5, 0.6) is 0 Å². The molecule has 0 amide bonds. The minimum absolute atomic E-state index is 0.268. The molecule has 1 saturated carbocycles. The number of carbonyl (C=O) groups excluding carboxylic acids is 1. The summed E-state index contributed by atoms with van der Waals surface area (Å²) >= 11 is 0. The Morgan fingerprint density at radius 2 is 2.06 bits per heavy atom. The number of allylic oxidation sites excluding steroid dienone is 2. The minimum Gasteiger partial charge on any atom is -0.396 e. The standard InChI is InChI=1S/C15H24O2/c1-9-4-5-12(10(2)8-16)6-14-11(3)15(17)7-13(9)14/h9-10,12-13,16H,4-8H2,1-3H3/t9-,10+,12+,13-/m0/s1. The van der Waals surface area contributed by atoms with Gasteiger partial charge in [0.2, 0.25) is 0 Å². The van der Waals surface area contributed by atoms with Crippen LogP contribution in [0.15, 0.2) is 11.1 Å². The summed E-state index contributed by atoms with van der Waals surface area (Å²) in [6.45, 7) is 6.67. The molecule has 0 aromatic heterocycles. The summed E-state index contributed by atoms with van der Waals surface area (Å²) in [7, 11) is 0. The molecule has 17 heavy (non-hydrogen) atoms.